The molecule has 0 saturated heterocycles. The molecule has 1 aromatic carbocycles. The Kier molecular flexibility index (Phi) is 5.12. The summed E-state index contributed by atoms with van der Waals surface area (Å²) in [5.41, 5.74) is 10.3. The van der Waals surface area contributed by atoms with E-state index in [9.17, 15) is 0 Å². The van der Waals surface area contributed by atoms with E-state index in [1.165, 1.54) is 16.7 Å². The number of benzene rings is 1. The second-order valence-corrected chi connectivity index (χ2v) is 6.35. The monoisotopic (exact) mass is 286 g/mol. The van der Waals surface area contributed by atoms with Crippen LogP contribution in [0.5, 0.6) is 0 Å². The topological polar surface area (TPSA) is 56.7 Å². The van der Waals surface area contributed by atoms with Gasteiger partial charge in [0.15, 0.2) is 0 Å². The van der Waals surface area contributed by atoms with Crippen molar-refractivity contribution < 1.29 is 0 Å². The first-order valence-corrected chi connectivity index (χ1v) is 7.64. The van der Waals surface area contributed by atoms with Crippen molar-refractivity contribution in [3.63, 3.8) is 0 Å². The molecule has 0 bridgehead atoms. The molecule has 2 aromatic rings. The lowest BCUT2D eigenvalue weighted by molar-refractivity contribution is 0.457. The van der Waals surface area contributed by atoms with Gasteiger partial charge in [-0.05, 0) is 37.3 Å². The molecule has 21 heavy (non-hydrogen) atoms. The van der Waals surface area contributed by atoms with Crippen LogP contribution >= 0.6 is 0 Å². The Morgan fingerprint density at radius 1 is 1.19 bits per heavy atom. The second kappa shape index (κ2) is 6.85. The second-order valence-electron chi connectivity index (χ2n) is 6.35. The van der Waals surface area contributed by atoms with E-state index in [1.54, 1.807) is 6.33 Å². The summed E-state index contributed by atoms with van der Waals surface area (Å²) in [4.78, 5) is 4.36. The predicted octanol–water partition coefficient (Wildman–Crippen LogP) is 2.66. The molecular formula is C17H26N4. The minimum absolute atomic E-state index is 0.0700. The fourth-order valence-electron chi connectivity index (χ4n) is 2.55. The molecular weight excluding hydrogens is 260 g/mol. The van der Waals surface area contributed by atoms with Gasteiger partial charge in [-0.2, -0.15) is 5.10 Å². The Hall–Kier alpha value is -1.68. The van der Waals surface area contributed by atoms with Crippen LogP contribution in [0.2, 0.25) is 0 Å². The molecule has 1 atom stereocenters. The Morgan fingerprint density at radius 3 is 2.67 bits per heavy atom. The van der Waals surface area contributed by atoms with Crippen molar-refractivity contribution in [2.24, 2.45) is 11.7 Å². The third-order valence-corrected chi connectivity index (χ3v) is 3.67. The fourth-order valence-corrected chi connectivity index (χ4v) is 2.55. The van der Waals surface area contributed by atoms with Crippen molar-refractivity contribution in [1.82, 2.24) is 14.8 Å². The zero-order chi connectivity index (χ0) is 15.4. The number of nitrogens with two attached hydrogens (primary N) is 1. The fraction of sp³-hybridized carbons (Fsp3) is 0.529. The molecule has 0 aliphatic rings. The molecule has 0 amide bonds. The van der Waals surface area contributed by atoms with Gasteiger partial charge in [0.1, 0.15) is 12.2 Å². The van der Waals surface area contributed by atoms with Crippen molar-refractivity contribution in [3.8, 4) is 0 Å². The molecule has 0 aliphatic heterocycles. The summed E-state index contributed by atoms with van der Waals surface area (Å²) in [7, 11) is 0. The molecule has 114 valence electrons. The summed E-state index contributed by atoms with van der Waals surface area (Å²) in [6.07, 6.45) is 3.27. The minimum atomic E-state index is 0.0700. The normalized spacial score (nSPS) is 12.9. The number of rotatable bonds is 6. The molecule has 0 fully saturated rings. The highest BCUT2D eigenvalue weighted by atomic mass is 15.3. The smallest absolute Gasteiger partial charge is 0.138 e. The van der Waals surface area contributed by atoms with Crippen LogP contribution in [0, 0.1) is 19.8 Å². The van der Waals surface area contributed by atoms with E-state index in [2.05, 4.69) is 56.0 Å². The molecule has 4 nitrogen and oxygen atoms in total. The van der Waals surface area contributed by atoms with E-state index >= 15 is 0 Å². The first-order valence-electron chi connectivity index (χ1n) is 7.64. The van der Waals surface area contributed by atoms with Crippen LogP contribution in [0.15, 0.2) is 24.5 Å². The summed E-state index contributed by atoms with van der Waals surface area (Å²) < 4.78 is 1.98. The largest absolute Gasteiger partial charge is 0.327 e. The standard InChI is InChI=1S/C17H26N4/c1-12(2)10-21-17(19-11-20-21)9-16(18)8-15-7-13(3)5-6-14(15)4/h5-7,11-12,16H,8-10,18H2,1-4H3. The maximum Gasteiger partial charge on any atom is 0.138 e. The average molecular weight is 286 g/mol. The minimum Gasteiger partial charge on any atom is -0.327 e. The summed E-state index contributed by atoms with van der Waals surface area (Å²) in [5.74, 6) is 1.54. The highest BCUT2D eigenvalue weighted by molar-refractivity contribution is 5.31. The zero-order valence-corrected chi connectivity index (χ0v) is 13.5. The van der Waals surface area contributed by atoms with Gasteiger partial charge in [0.2, 0.25) is 0 Å². The Labute approximate surface area is 127 Å². The summed E-state index contributed by atoms with van der Waals surface area (Å²) in [6.45, 7) is 9.52. The molecule has 0 saturated carbocycles. The molecule has 4 heteroatoms. The molecule has 1 aromatic heterocycles. The lowest BCUT2D eigenvalue weighted by atomic mass is 9.98. The van der Waals surface area contributed by atoms with Crippen molar-refractivity contribution in [3.05, 3.63) is 47.0 Å². The number of hydrogen-bond donors (Lipinski definition) is 1. The zero-order valence-electron chi connectivity index (χ0n) is 13.5. The lowest BCUT2D eigenvalue weighted by Gasteiger charge is -2.15. The van der Waals surface area contributed by atoms with E-state index in [4.69, 9.17) is 5.73 Å². The van der Waals surface area contributed by atoms with Gasteiger partial charge >= 0.3 is 0 Å². The summed E-state index contributed by atoms with van der Waals surface area (Å²) in [5, 5.41) is 4.30. The quantitative estimate of drug-likeness (QED) is 0.888. The van der Waals surface area contributed by atoms with Crippen molar-refractivity contribution in [1.29, 1.82) is 0 Å². The summed E-state index contributed by atoms with van der Waals surface area (Å²) >= 11 is 0. The molecule has 1 unspecified atom stereocenters. The molecule has 1 heterocycles. The van der Waals surface area contributed by atoms with Gasteiger partial charge in [-0.3, -0.25) is 0 Å². The van der Waals surface area contributed by atoms with Crippen LogP contribution in [0.25, 0.3) is 0 Å². The van der Waals surface area contributed by atoms with Crippen LogP contribution in [0.3, 0.4) is 0 Å². The van der Waals surface area contributed by atoms with Crippen molar-refractivity contribution >= 4 is 0 Å². The van der Waals surface area contributed by atoms with E-state index in [1.807, 2.05) is 4.68 Å². The van der Waals surface area contributed by atoms with Crippen LogP contribution in [-0.4, -0.2) is 20.8 Å². The van der Waals surface area contributed by atoms with Gasteiger partial charge in [0.05, 0.1) is 0 Å². The first-order chi connectivity index (χ1) is 9.95. The van der Waals surface area contributed by atoms with Crippen LogP contribution in [0.1, 0.15) is 36.4 Å². The molecule has 0 aliphatic carbocycles. The van der Waals surface area contributed by atoms with Gasteiger partial charge in [0.25, 0.3) is 0 Å². The Bertz CT molecular complexity index is 586. The maximum absolute atomic E-state index is 6.33. The lowest BCUT2D eigenvalue weighted by Crippen LogP contribution is -2.28. The van der Waals surface area contributed by atoms with Crippen molar-refractivity contribution in [2.45, 2.75) is 53.1 Å². The van der Waals surface area contributed by atoms with Crippen molar-refractivity contribution in [2.75, 3.05) is 0 Å². The number of hydrogen-bond acceptors (Lipinski definition) is 3. The molecule has 0 spiro atoms. The summed E-state index contributed by atoms with van der Waals surface area (Å²) in [6, 6.07) is 6.61. The van der Waals surface area contributed by atoms with E-state index in [0.717, 1.165) is 25.2 Å². The predicted molar refractivity (Wildman–Crippen MR) is 86.2 cm³/mol. The SMILES string of the molecule is Cc1ccc(C)c(CC(N)Cc2ncnn2CC(C)C)c1. The Balaban J connectivity index is 2.03. The number of aromatic nitrogens is 3. The van der Waals surface area contributed by atoms with E-state index in [-0.39, 0.29) is 6.04 Å². The molecule has 2 rings (SSSR count). The van der Waals surface area contributed by atoms with Gasteiger partial charge < -0.3 is 5.73 Å². The highest BCUT2D eigenvalue weighted by Crippen LogP contribution is 2.14. The van der Waals surface area contributed by atoms with Crippen LogP contribution in [0.4, 0.5) is 0 Å². The maximum atomic E-state index is 6.33. The van der Waals surface area contributed by atoms with Gasteiger partial charge in [-0.25, -0.2) is 9.67 Å². The highest BCUT2D eigenvalue weighted by Gasteiger charge is 2.13. The molecule has 0 radical (unpaired) electrons. The van der Waals surface area contributed by atoms with Gasteiger partial charge in [0, 0.05) is 19.0 Å². The van der Waals surface area contributed by atoms with E-state index < -0.39 is 0 Å². The van der Waals surface area contributed by atoms with E-state index in [0.29, 0.717) is 5.92 Å². The Morgan fingerprint density at radius 2 is 1.95 bits per heavy atom. The third-order valence-electron chi connectivity index (χ3n) is 3.67. The average Bonchev–Trinajstić information content (AvgIpc) is 2.80. The van der Waals surface area contributed by atoms with Gasteiger partial charge in [-0.1, -0.05) is 37.6 Å². The van der Waals surface area contributed by atoms with Crippen LogP contribution < -0.4 is 5.73 Å². The first kappa shape index (κ1) is 15.7. The third kappa shape index (κ3) is 4.39. The number of aryl methyl sites for hydroxylation is 2. The van der Waals surface area contributed by atoms with Gasteiger partial charge in [-0.15, -0.1) is 0 Å². The van der Waals surface area contributed by atoms with Crippen LogP contribution in [-0.2, 0) is 19.4 Å². The number of nitrogens with zero attached hydrogens (tertiary/aromatic N) is 3. The molecule has 2 N–H and O–H groups in total.